The Labute approximate surface area is 115 Å². The van der Waals surface area contributed by atoms with Crippen molar-refractivity contribution in [1.29, 1.82) is 0 Å². The van der Waals surface area contributed by atoms with Crippen molar-refractivity contribution in [3.63, 3.8) is 0 Å². The first kappa shape index (κ1) is 13.0. The Bertz CT molecular complexity index is 427. The molecule has 104 valence electrons. The lowest BCUT2D eigenvalue weighted by Crippen LogP contribution is -2.16. The first-order valence-corrected chi connectivity index (χ1v) is 7.75. The molecule has 2 atom stereocenters. The Morgan fingerprint density at radius 3 is 2.68 bits per heavy atom. The summed E-state index contributed by atoms with van der Waals surface area (Å²) in [5.74, 6) is 1.46. The van der Waals surface area contributed by atoms with Crippen LogP contribution in [0.5, 0.6) is 5.75 Å². The van der Waals surface area contributed by atoms with E-state index >= 15 is 0 Å². The standard InChI is InChI=1S/C17H24O2/c18-17-7-3-6-14(17)10-11-19-16-9-8-13-4-1-2-5-15(13)12-16/h8-9,12,14,17-18H,1-7,10-11H2. The Morgan fingerprint density at radius 2 is 1.89 bits per heavy atom. The number of aliphatic hydroxyl groups is 1. The summed E-state index contributed by atoms with van der Waals surface area (Å²) in [5, 5.41) is 9.79. The Morgan fingerprint density at radius 1 is 1.05 bits per heavy atom. The number of benzene rings is 1. The predicted molar refractivity (Wildman–Crippen MR) is 76.5 cm³/mol. The molecule has 2 unspecified atom stereocenters. The molecule has 1 N–H and O–H groups in total. The van der Waals surface area contributed by atoms with Gasteiger partial charge in [0.25, 0.3) is 0 Å². The van der Waals surface area contributed by atoms with E-state index in [0.29, 0.717) is 5.92 Å². The van der Waals surface area contributed by atoms with Crippen LogP contribution in [-0.2, 0) is 12.8 Å². The smallest absolute Gasteiger partial charge is 0.119 e. The highest BCUT2D eigenvalue weighted by Gasteiger charge is 2.24. The summed E-state index contributed by atoms with van der Waals surface area (Å²) >= 11 is 0. The quantitative estimate of drug-likeness (QED) is 0.898. The molecular formula is C17H24O2. The van der Waals surface area contributed by atoms with Crippen LogP contribution >= 0.6 is 0 Å². The lowest BCUT2D eigenvalue weighted by molar-refractivity contribution is 0.117. The van der Waals surface area contributed by atoms with Gasteiger partial charge >= 0.3 is 0 Å². The minimum atomic E-state index is -0.0906. The lowest BCUT2D eigenvalue weighted by Gasteiger charge is -2.18. The van der Waals surface area contributed by atoms with Gasteiger partial charge in [-0.05, 0) is 74.1 Å². The van der Waals surface area contributed by atoms with Gasteiger partial charge in [0.15, 0.2) is 0 Å². The summed E-state index contributed by atoms with van der Waals surface area (Å²) in [6, 6.07) is 6.56. The fourth-order valence-corrected chi connectivity index (χ4v) is 3.48. The molecule has 2 heteroatoms. The Kier molecular flexibility index (Phi) is 4.07. The number of hydrogen-bond acceptors (Lipinski definition) is 2. The van der Waals surface area contributed by atoms with Gasteiger partial charge < -0.3 is 9.84 Å². The van der Waals surface area contributed by atoms with Crippen LogP contribution in [-0.4, -0.2) is 17.8 Å². The topological polar surface area (TPSA) is 29.5 Å². The summed E-state index contributed by atoms with van der Waals surface area (Å²) in [4.78, 5) is 0. The third kappa shape index (κ3) is 3.11. The maximum absolute atomic E-state index is 9.79. The van der Waals surface area contributed by atoms with E-state index in [4.69, 9.17) is 4.74 Å². The van der Waals surface area contributed by atoms with E-state index in [9.17, 15) is 5.11 Å². The van der Waals surface area contributed by atoms with Crippen molar-refractivity contribution in [2.45, 2.75) is 57.5 Å². The number of fused-ring (bicyclic) bond motifs is 1. The van der Waals surface area contributed by atoms with E-state index in [2.05, 4.69) is 18.2 Å². The summed E-state index contributed by atoms with van der Waals surface area (Å²) < 4.78 is 5.87. The molecule has 2 nitrogen and oxygen atoms in total. The van der Waals surface area contributed by atoms with Gasteiger partial charge in [0.05, 0.1) is 12.7 Å². The molecule has 0 radical (unpaired) electrons. The minimum Gasteiger partial charge on any atom is -0.494 e. The van der Waals surface area contributed by atoms with Gasteiger partial charge in [-0.3, -0.25) is 0 Å². The zero-order chi connectivity index (χ0) is 13.1. The van der Waals surface area contributed by atoms with Crippen molar-refractivity contribution in [2.24, 2.45) is 5.92 Å². The molecule has 0 heterocycles. The second kappa shape index (κ2) is 5.96. The van der Waals surface area contributed by atoms with Crippen LogP contribution in [0.4, 0.5) is 0 Å². The van der Waals surface area contributed by atoms with E-state index in [1.54, 1.807) is 0 Å². The van der Waals surface area contributed by atoms with Crippen molar-refractivity contribution in [2.75, 3.05) is 6.61 Å². The molecule has 0 amide bonds. The number of ether oxygens (including phenoxy) is 1. The van der Waals surface area contributed by atoms with Crippen LogP contribution in [0.3, 0.4) is 0 Å². The fraction of sp³-hybridized carbons (Fsp3) is 0.647. The molecule has 0 bridgehead atoms. The van der Waals surface area contributed by atoms with Gasteiger partial charge in [0.2, 0.25) is 0 Å². The monoisotopic (exact) mass is 260 g/mol. The van der Waals surface area contributed by atoms with Gasteiger partial charge in [0, 0.05) is 0 Å². The van der Waals surface area contributed by atoms with Gasteiger partial charge in [-0.25, -0.2) is 0 Å². The third-order valence-electron chi connectivity index (χ3n) is 4.70. The number of rotatable bonds is 4. The Hall–Kier alpha value is -1.02. The van der Waals surface area contributed by atoms with E-state index in [0.717, 1.165) is 31.6 Å². The van der Waals surface area contributed by atoms with Crippen molar-refractivity contribution < 1.29 is 9.84 Å². The molecule has 1 fully saturated rings. The summed E-state index contributed by atoms with van der Waals surface area (Å²) in [7, 11) is 0. The van der Waals surface area contributed by atoms with E-state index in [1.807, 2.05) is 0 Å². The molecule has 3 rings (SSSR count). The van der Waals surface area contributed by atoms with Crippen LogP contribution in [0.15, 0.2) is 18.2 Å². The van der Waals surface area contributed by atoms with Crippen molar-refractivity contribution in [3.05, 3.63) is 29.3 Å². The highest BCUT2D eigenvalue weighted by molar-refractivity contribution is 5.37. The molecular weight excluding hydrogens is 236 g/mol. The second-order valence-electron chi connectivity index (χ2n) is 6.03. The largest absolute Gasteiger partial charge is 0.494 e. The molecule has 0 aromatic heterocycles. The maximum atomic E-state index is 9.79. The molecule has 2 aliphatic carbocycles. The molecule has 0 spiro atoms. The summed E-state index contributed by atoms with van der Waals surface area (Å²) in [5.41, 5.74) is 2.98. The van der Waals surface area contributed by atoms with Crippen LogP contribution in [0.1, 0.15) is 49.7 Å². The van der Waals surface area contributed by atoms with Crippen molar-refractivity contribution in [3.8, 4) is 5.75 Å². The van der Waals surface area contributed by atoms with E-state index in [1.165, 1.54) is 43.2 Å². The van der Waals surface area contributed by atoms with Gasteiger partial charge in [-0.15, -0.1) is 0 Å². The molecule has 2 aliphatic rings. The zero-order valence-corrected chi connectivity index (χ0v) is 11.6. The average molecular weight is 260 g/mol. The highest BCUT2D eigenvalue weighted by atomic mass is 16.5. The summed E-state index contributed by atoms with van der Waals surface area (Å²) in [6.07, 6.45) is 9.27. The predicted octanol–water partition coefficient (Wildman–Crippen LogP) is 3.50. The second-order valence-corrected chi connectivity index (χ2v) is 6.03. The Balaban J connectivity index is 1.52. The SMILES string of the molecule is OC1CCCC1CCOc1ccc2c(c1)CCCC2. The first-order valence-electron chi connectivity index (χ1n) is 7.75. The first-order chi connectivity index (χ1) is 9.33. The van der Waals surface area contributed by atoms with Crippen molar-refractivity contribution >= 4 is 0 Å². The fourth-order valence-electron chi connectivity index (χ4n) is 3.48. The summed E-state index contributed by atoms with van der Waals surface area (Å²) in [6.45, 7) is 0.737. The zero-order valence-electron chi connectivity index (χ0n) is 11.6. The van der Waals surface area contributed by atoms with Crippen LogP contribution < -0.4 is 4.74 Å². The normalized spacial score (nSPS) is 26.2. The molecule has 1 aromatic rings. The van der Waals surface area contributed by atoms with E-state index < -0.39 is 0 Å². The molecule has 1 saturated carbocycles. The maximum Gasteiger partial charge on any atom is 0.119 e. The minimum absolute atomic E-state index is 0.0906. The lowest BCUT2D eigenvalue weighted by atomic mass is 9.92. The number of hydrogen-bond donors (Lipinski definition) is 1. The molecule has 0 saturated heterocycles. The number of aryl methyl sites for hydroxylation is 2. The third-order valence-corrected chi connectivity index (χ3v) is 4.70. The van der Waals surface area contributed by atoms with Gasteiger partial charge in [-0.1, -0.05) is 12.5 Å². The van der Waals surface area contributed by atoms with E-state index in [-0.39, 0.29) is 6.10 Å². The van der Waals surface area contributed by atoms with Gasteiger partial charge in [-0.2, -0.15) is 0 Å². The number of aliphatic hydroxyl groups excluding tert-OH is 1. The molecule has 1 aromatic carbocycles. The van der Waals surface area contributed by atoms with Crippen LogP contribution in [0.25, 0.3) is 0 Å². The van der Waals surface area contributed by atoms with Crippen LogP contribution in [0, 0.1) is 5.92 Å². The highest BCUT2D eigenvalue weighted by Crippen LogP contribution is 2.29. The average Bonchev–Trinajstić information content (AvgIpc) is 2.84. The van der Waals surface area contributed by atoms with Crippen LogP contribution in [0.2, 0.25) is 0 Å². The molecule has 0 aliphatic heterocycles. The van der Waals surface area contributed by atoms with Crippen molar-refractivity contribution in [1.82, 2.24) is 0 Å². The van der Waals surface area contributed by atoms with Gasteiger partial charge in [0.1, 0.15) is 5.75 Å². The molecule has 19 heavy (non-hydrogen) atoms.